The van der Waals surface area contributed by atoms with Gasteiger partial charge >= 0.3 is 5.76 Å². The average molecular weight is 353 g/mol. The van der Waals surface area contributed by atoms with Gasteiger partial charge in [-0.05, 0) is 47.9 Å². The van der Waals surface area contributed by atoms with Crippen LogP contribution in [0.15, 0.2) is 45.6 Å². The fraction of sp³-hybridized carbons (Fsp3) is 0.133. The predicted octanol–water partition coefficient (Wildman–Crippen LogP) is 4.57. The average Bonchev–Trinajstić information content (AvgIpc) is 2.79. The van der Waals surface area contributed by atoms with Gasteiger partial charge in [-0.15, -0.1) is 0 Å². The summed E-state index contributed by atoms with van der Waals surface area (Å²) in [7, 11) is 0. The lowest BCUT2D eigenvalue weighted by Gasteiger charge is -2.14. The summed E-state index contributed by atoms with van der Waals surface area (Å²) in [5, 5.41) is 0.698. The monoisotopic (exact) mass is 351 g/mol. The number of oxazole rings is 1. The van der Waals surface area contributed by atoms with E-state index in [0.29, 0.717) is 16.1 Å². The third-order valence-corrected chi connectivity index (χ3v) is 4.51. The largest absolute Gasteiger partial charge is 0.417 e. The van der Waals surface area contributed by atoms with Crippen molar-refractivity contribution in [3.63, 3.8) is 0 Å². The summed E-state index contributed by atoms with van der Waals surface area (Å²) in [5.41, 5.74) is 4.49. The number of hydrogen-bond donors (Lipinski definition) is 1. The van der Waals surface area contributed by atoms with E-state index in [9.17, 15) is 4.79 Å². The van der Waals surface area contributed by atoms with Crippen molar-refractivity contribution in [3.05, 3.63) is 68.7 Å². The quantitative estimate of drug-likeness (QED) is 0.687. The third kappa shape index (κ3) is 2.41. The summed E-state index contributed by atoms with van der Waals surface area (Å²) in [5.74, 6) is -0.442. The number of alkyl halides is 1. The second-order valence-electron chi connectivity index (χ2n) is 4.63. The minimum Gasteiger partial charge on any atom is -0.408 e. The highest BCUT2D eigenvalue weighted by Gasteiger charge is 2.15. The van der Waals surface area contributed by atoms with Gasteiger partial charge in [-0.25, -0.2) is 4.79 Å². The van der Waals surface area contributed by atoms with E-state index < -0.39 is 5.76 Å². The van der Waals surface area contributed by atoms with Crippen LogP contribution in [0.2, 0.25) is 5.02 Å². The van der Waals surface area contributed by atoms with Crippen LogP contribution in [-0.2, 0) is 0 Å². The molecule has 5 heteroatoms. The molecule has 0 bridgehead atoms. The first kappa shape index (κ1) is 13.5. The SMILES string of the molecule is Cc1ccc(Cl)cc1C(Br)c1ccc2[nH]c(=O)oc2c1. The zero-order valence-electron chi connectivity index (χ0n) is 10.6. The summed E-state index contributed by atoms with van der Waals surface area (Å²) in [6.07, 6.45) is 0. The first-order chi connectivity index (χ1) is 9.54. The fourth-order valence-electron chi connectivity index (χ4n) is 2.18. The lowest BCUT2D eigenvalue weighted by Crippen LogP contribution is -1.95. The van der Waals surface area contributed by atoms with Gasteiger partial charge in [0.1, 0.15) is 0 Å². The fourth-order valence-corrected chi connectivity index (χ4v) is 3.14. The van der Waals surface area contributed by atoms with Gasteiger partial charge in [0.05, 0.1) is 10.3 Å². The second-order valence-corrected chi connectivity index (χ2v) is 5.99. The van der Waals surface area contributed by atoms with E-state index in [-0.39, 0.29) is 4.83 Å². The third-order valence-electron chi connectivity index (χ3n) is 3.25. The molecule has 0 fully saturated rings. The van der Waals surface area contributed by atoms with Crippen LogP contribution in [0.3, 0.4) is 0 Å². The molecule has 0 spiro atoms. The zero-order chi connectivity index (χ0) is 14.3. The van der Waals surface area contributed by atoms with Gasteiger partial charge in [0.15, 0.2) is 5.58 Å². The molecule has 0 aliphatic carbocycles. The molecular weight excluding hydrogens is 342 g/mol. The zero-order valence-corrected chi connectivity index (χ0v) is 13.0. The van der Waals surface area contributed by atoms with Gasteiger partial charge in [0.2, 0.25) is 0 Å². The Hall–Kier alpha value is -1.52. The van der Waals surface area contributed by atoms with E-state index in [0.717, 1.165) is 16.7 Å². The van der Waals surface area contributed by atoms with Crippen molar-refractivity contribution < 1.29 is 4.42 Å². The summed E-state index contributed by atoms with van der Waals surface area (Å²) >= 11 is 9.74. The van der Waals surface area contributed by atoms with E-state index in [1.807, 2.05) is 43.3 Å². The number of aromatic nitrogens is 1. The number of aryl methyl sites for hydroxylation is 1. The number of aromatic amines is 1. The van der Waals surface area contributed by atoms with Crippen molar-refractivity contribution in [3.8, 4) is 0 Å². The Labute approximate surface area is 128 Å². The molecule has 3 rings (SSSR count). The molecule has 1 unspecified atom stereocenters. The Kier molecular flexibility index (Phi) is 3.44. The molecule has 0 aliphatic heterocycles. The lowest BCUT2D eigenvalue weighted by atomic mass is 10.0. The van der Waals surface area contributed by atoms with Crippen LogP contribution >= 0.6 is 27.5 Å². The van der Waals surface area contributed by atoms with Crippen molar-refractivity contribution in [1.29, 1.82) is 0 Å². The minimum atomic E-state index is -0.442. The first-order valence-electron chi connectivity index (χ1n) is 6.07. The summed E-state index contributed by atoms with van der Waals surface area (Å²) < 4.78 is 5.09. The number of H-pyrrole nitrogens is 1. The maximum absolute atomic E-state index is 11.2. The Bertz CT molecular complexity index is 837. The maximum Gasteiger partial charge on any atom is 0.417 e. The van der Waals surface area contributed by atoms with Gasteiger partial charge in [0.25, 0.3) is 0 Å². The van der Waals surface area contributed by atoms with E-state index in [4.69, 9.17) is 16.0 Å². The normalized spacial score (nSPS) is 12.8. The molecular formula is C15H11BrClNO2. The van der Waals surface area contributed by atoms with Crippen LogP contribution in [-0.4, -0.2) is 4.98 Å². The number of benzene rings is 2. The van der Waals surface area contributed by atoms with Crippen molar-refractivity contribution in [1.82, 2.24) is 4.98 Å². The van der Waals surface area contributed by atoms with Gasteiger partial charge in [0, 0.05) is 5.02 Å². The van der Waals surface area contributed by atoms with E-state index in [1.54, 1.807) is 0 Å². The van der Waals surface area contributed by atoms with Crippen LogP contribution < -0.4 is 5.76 Å². The van der Waals surface area contributed by atoms with Gasteiger partial charge in [-0.2, -0.15) is 0 Å². The summed E-state index contributed by atoms with van der Waals surface area (Å²) in [6, 6.07) is 11.4. The Morgan fingerprint density at radius 3 is 2.85 bits per heavy atom. The highest BCUT2D eigenvalue weighted by molar-refractivity contribution is 9.09. The molecule has 102 valence electrons. The molecule has 0 aliphatic rings. The van der Waals surface area contributed by atoms with E-state index in [2.05, 4.69) is 20.9 Å². The van der Waals surface area contributed by atoms with Crippen LogP contribution in [0.1, 0.15) is 21.5 Å². The van der Waals surface area contributed by atoms with Gasteiger partial charge < -0.3 is 4.42 Å². The highest BCUT2D eigenvalue weighted by atomic mass is 79.9. The van der Waals surface area contributed by atoms with Crippen LogP contribution in [0.25, 0.3) is 11.1 Å². The number of hydrogen-bond acceptors (Lipinski definition) is 2. The Morgan fingerprint density at radius 2 is 2.05 bits per heavy atom. The Morgan fingerprint density at radius 1 is 1.25 bits per heavy atom. The molecule has 0 radical (unpaired) electrons. The molecule has 1 atom stereocenters. The number of rotatable bonds is 2. The number of halogens is 2. The van der Waals surface area contributed by atoms with Crippen molar-refractivity contribution >= 4 is 38.6 Å². The molecule has 1 aromatic heterocycles. The van der Waals surface area contributed by atoms with Crippen molar-refractivity contribution in [2.24, 2.45) is 0 Å². The molecule has 3 nitrogen and oxygen atoms in total. The molecule has 1 N–H and O–H groups in total. The number of fused-ring (bicyclic) bond motifs is 1. The maximum atomic E-state index is 11.2. The van der Waals surface area contributed by atoms with Crippen molar-refractivity contribution in [2.75, 3.05) is 0 Å². The standard InChI is InChI=1S/C15H11BrClNO2/c1-8-2-4-10(17)7-11(8)14(16)9-3-5-12-13(6-9)20-15(19)18-12/h2-7,14H,1H3,(H,18,19). The van der Waals surface area contributed by atoms with Crippen LogP contribution in [0.4, 0.5) is 0 Å². The molecule has 3 aromatic rings. The molecule has 2 aromatic carbocycles. The smallest absolute Gasteiger partial charge is 0.408 e. The topological polar surface area (TPSA) is 46.0 Å². The molecule has 0 amide bonds. The van der Waals surface area contributed by atoms with Crippen LogP contribution in [0.5, 0.6) is 0 Å². The summed E-state index contributed by atoms with van der Waals surface area (Å²) in [6.45, 7) is 2.04. The van der Waals surface area contributed by atoms with Crippen LogP contribution in [0, 0.1) is 6.92 Å². The predicted molar refractivity (Wildman–Crippen MR) is 83.8 cm³/mol. The summed E-state index contributed by atoms with van der Waals surface area (Å²) in [4.78, 5) is 13.8. The Balaban J connectivity index is 2.09. The second kappa shape index (κ2) is 5.11. The van der Waals surface area contributed by atoms with Gasteiger partial charge in [-0.1, -0.05) is 39.7 Å². The minimum absolute atomic E-state index is 0.00852. The molecule has 0 saturated heterocycles. The lowest BCUT2D eigenvalue weighted by molar-refractivity contribution is 0.555. The van der Waals surface area contributed by atoms with E-state index >= 15 is 0 Å². The van der Waals surface area contributed by atoms with Crippen molar-refractivity contribution in [2.45, 2.75) is 11.8 Å². The molecule has 0 saturated carbocycles. The first-order valence-corrected chi connectivity index (χ1v) is 7.37. The molecule has 1 heterocycles. The highest BCUT2D eigenvalue weighted by Crippen LogP contribution is 2.35. The number of nitrogens with one attached hydrogen (secondary N) is 1. The molecule has 20 heavy (non-hydrogen) atoms. The van der Waals surface area contributed by atoms with E-state index in [1.165, 1.54) is 0 Å². The van der Waals surface area contributed by atoms with Gasteiger partial charge in [-0.3, -0.25) is 4.98 Å².